The van der Waals surface area contributed by atoms with Gasteiger partial charge in [0.15, 0.2) is 11.6 Å². The summed E-state index contributed by atoms with van der Waals surface area (Å²) in [5.74, 6) is -0.203. The van der Waals surface area contributed by atoms with Gasteiger partial charge < -0.3 is 5.32 Å². The van der Waals surface area contributed by atoms with E-state index >= 15 is 0 Å². The molecule has 1 aliphatic carbocycles. The first kappa shape index (κ1) is 25.3. The van der Waals surface area contributed by atoms with Crippen molar-refractivity contribution in [2.24, 2.45) is 5.41 Å². The Bertz CT molecular complexity index is 1660. The van der Waals surface area contributed by atoms with Gasteiger partial charge in [-0.3, -0.25) is 4.98 Å². The van der Waals surface area contributed by atoms with Crippen molar-refractivity contribution in [3.8, 4) is 11.5 Å². The highest BCUT2D eigenvalue weighted by Crippen LogP contribution is 2.36. The van der Waals surface area contributed by atoms with Crippen LogP contribution >= 0.6 is 0 Å². The van der Waals surface area contributed by atoms with Gasteiger partial charge in [0.1, 0.15) is 17.1 Å². The molecule has 3 aromatic heterocycles. The summed E-state index contributed by atoms with van der Waals surface area (Å²) in [7, 11) is 0. The first-order valence-corrected chi connectivity index (χ1v) is 11.3. The zero-order valence-electron chi connectivity index (χ0n) is 19.9. The lowest BCUT2D eigenvalue weighted by atomic mass is 9.86. The first-order valence-electron chi connectivity index (χ1n) is 11.3. The second-order valence-electron chi connectivity index (χ2n) is 9.09. The van der Waals surface area contributed by atoms with Crippen LogP contribution in [0.5, 0.6) is 0 Å². The maximum absolute atomic E-state index is 13.3. The molecule has 194 valence electrons. The Morgan fingerprint density at radius 3 is 2.18 bits per heavy atom. The van der Waals surface area contributed by atoms with Gasteiger partial charge >= 0.3 is 12.4 Å². The van der Waals surface area contributed by atoms with Gasteiger partial charge in [0.05, 0.1) is 0 Å². The van der Waals surface area contributed by atoms with Crippen molar-refractivity contribution < 1.29 is 26.3 Å². The molecular formula is C26H18F6N6. The summed E-state index contributed by atoms with van der Waals surface area (Å²) < 4.78 is 79.6. The van der Waals surface area contributed by atoms with Crippen LogP contribution in [0.15, 0.2) is 60.8 Å². The third-order valence-electron chi connectivity index (χ3n) is 5.82. The van der Waals surface area contributed by atoms with Crippen LogP contribution in [0.4, 0.5) is 38.0 Å². The SMILES string of the molecule is CC1(C)C=c2ccccc2=C1c1nc(Nc2ccnc(C(F)(F)F)c2)nc(-c2cccc(C(F)(F)F)n2)n1. The molecule has 0 spiro atoms. The Labute approximate surface area is 211 Å². The molecule has 6 nitrogen and oxygen atoms in total. The van der Waals surface area contributed by atoms with Crippen LogP contribution < -0.4 is 15.8 Å². The smallest absolute Gasteiger partial charge is 0.324 e. The summed E-state index contributed by atoms with van der Waals surface area (Å²) >= 11 is 0. The number of nitrogens with zero attached hydrogens (tertiary/aromatic N) is 5. The molecule has 0 unspecified atom stereocenters. The Balaban J connectivity index is 1.70. The molecule has 0 radical (unpaired) electrons. The second-order valence-corrected chi connectivity index (χ2v) is 9.09. The summed E-state index contributed by atoms with van der Waals surface area (Å²) in [6, 6.07) is 12.9. The second kappa shape index (κ2) is 8.89. The lowest BCUT2D eigenvalue weighted by Gasteiger charge is -2.21. The number of pyridine rings is 2. The minimum Gasteiger partial charge on any atom is -0.324 e. The van der Waals surface area contributed by atoms with Crippen LogP contribution in [0.2, 0.25) is 0 Å². The summed E-state index contributed by atoms with van der Waals surface area (Å²) in [5.41, 5.74) is -2.35. The highest BCUT2D eigenvalue weighted by Gasteiger charge is 2.34. The van der Waals surface area contributed by atoms with Crippen molar-refractivity contribution in [3.63, 3.8) is 0 Å². The van der Waals surface area contributed by atoms with E-state index in [2.05, 4.69) is 30.2 Å². The topological polar surface area (TPSA) is 76.5 Å². The fraction of sp³-hybridized carbons (Fsp3) is 0.192. The Morgan fingerprint density at radius 2 is 1.45 bits per heavy atom. The monoisotopic (exact) mass is 528 g/mol. The number of anilines is 2. The van der Waals surface area contributed by atoms with E-state index in [0.717, 1.165) is 28.8 Å². The van der Waals surface area contributed by atoms with E-state index in [-0.39, 0.29) is 29.0 Å². The van der Waals surface area contributed by atoms with Gasteiger partial charge in [0, 0.05) is 22.9 Å². The number of nitrogens with one attached hydrogen (secondary N) is 1. The first-order chi connectivity index (χ1) is 17.8. The van der Waals surface area contributed by atoms with E-state index in [9.17, 15) is 26.3 Å². The normalized spacial score (nSPS) is 14.7. The van der Waals surface area contributed by atoms with Crippen molar-refractivity contribution in [1.29, 1.82) is 0 Å². The number of halogens is 6. The molecule has 1 N–H and O–H groups in total. The van der Waals surface area contributed by atoms with E-state index in [1.54, 1.807) is 0 Å². The summed E-state index contributed by atoms with van der Waals surface area (Å²) in [5, 5.41) is 4.45. The molecule has 0 saturated carbocycles. The number of hydrogen-bond donors (Lipinski definition) is 1. The van der Waals surface area contributed by atoms with Crippen molar-refractivity contribution in [2.45, 2.75) is 26.2 Å². The number of rotatable bonds is 4. The molecule has 5 rings (SSSR count). The van der Waals surface area contributed by atoms with Gasteiger partial charge in [-0.25, -0.2) is 9.97 Å². The molecule has 0 fully saturated rings. The number of alkyl halides is 6. The standard InChI is InChI=1S/C26H18F6N6/c1-24(2)13-14-6-3-4-7-16(14)20(24)22-36-21(17-8-5-9-18(35-17)25(27,28)29)37-23(38-22)34-15-10-11-33-19(12-15)26(30,31)32/h3-13H,1-2H3,(H,33,34,36,37,38). The van der Waals surface area contributed by atoms with Crippen LogP contribution in [0.3, 0.4) is 0 Å². The molecular weight excluding hydrogens is 510 g/mol. The predicted octanol–water partition coefficient (Wildman–Crippen LogP) is 5.13. The average Bonchev–Trinajstić information content (AvgIpc) is 3.12. The number of benzene rings is 1. The molecule has 1 aliphatic rings. The zero-order chi connectivity index (χ0) is 27.3. The van der Waals surface area contributed by atoms with Gasteiger partial charge in [-0.15, -0.1) is 0 Å². The Kier molecular flexibility index (Phi) is 5.92. The molecule has 0 saturated heterocycles. The van der Waals surface area contributed by atoms with Gasteiger partial charge in [-0.1, -0.05) is 50.3 Å². The Morgan fingerprint density at radius 1 is 0.737 bits per heavy atom. The predicted molar refractivity (Wildman–Crippen MR) is 127 cm³/mol. The summed E-state index contributed by atoms with van der Waals surface area (Å²) in [6.45, 7) is 3.86. The highest BCUT2D eigenvalue weighted by molar-refractivity contribution is 5.77. The van der Waals surface area contributed by atoms with Gasteiger partial charge in [0.25, 0.3) is 0 Å². The van der Waals surface area contributed by atoms with Crippen LogP contribution in [0.25, 0.3) is 23.2 Å². The molecule has 12 heteroatoms. The van der Waals surface area contributed by atoms with Gasteiger partial charge in [-0.05, 0) is 34.7 Å². The minimum atomic E-state index is -4.70. The Hall–Kier alpha value is -4.35. The molecule has 0 amide bonds. The lowest BCUT2D eigenvalue weighted by Crippen LogP contribution is -2.24. The quantitative estimate of drug-likeness (QED) is 0.370. The molecule has 0 aliphatic heterocycles. The van der Waals surface area contributed by atoms with E-state index in [0.29, 0.717) is 5.57 Å². The van der Waals surface area contributed by atoms with Crippen molar-refractivity contribution >= 4 is 23.3 Å². The molecule has 0 bridgehead atoms. The average molecular weight is 528 g/mol. The van der Waals surface area contributed by atoms with Crippen molar-refractivity contribution in [1.82, 2.24) is 24.9 Å². The van der Waals surface area contributed by atoms with Crippen LogP contribution in [0, 0.1) is 5.41 Å². The molecule has 4 aromatic rings. The van der Waals surface area contributed by atoms with E-state index in [1.165, 1.54) is 18.2 Å². The highest BCUT2D eigenvalue weighted by atomic mass is 19.4. The third-order valence-corrected chi connectivity index (χ3v) is 5.82. The van der Waals surface area contributed by atoms with Gasteiger partial charge in [0.2, 0.25) is 5.95 Å². The number of hydrogen-bond acceptors (Lipinski definition) is 6. The lowest BCUT2D eigenvalue weighted by molar-refractivity contribution is -0.141. The molecule has 38 heavy (non-hydrogen) atoms. The third kappa shape index (κ3) is 4.93. The summed E-state index contributed by atoms with van der Waals surface area (Å²) in [4.78, 5) is 20.1. The van der Waals surface area contributed by atoms with Crippen LogP contribution in [-0.2, 0) is 12.4 Å². The van der Waals surface area contributed by atoms with Crippen molar-refractivity contribution in [2.75, 3.05) is 5.32 Å². The minimum absolute atomic E-state index is 0.0185. The zero-order valence-corrected chi connectivity index (χ0v) is 19.9. The number of fused-ring (bicyclic) bond motifs is 1. The van der Waals surface area contributed by atoms with Crippen LogP contribution in [0.1, 0.15) is 31.1 Å². The van der Waals surface area contributed by atoms with Crippen molar-refractivity contribution in [3.05, 3.63) is 88.4 Å². The van der Waals surface area contributed by atoms with E-state index < -0.39 is 29.2 Å². The maximum Gasteiger partial charge on any atom is 0.433 e. The summed E-state index contributed by atoms with van der Waals surface area (Å²) in [6.07, 6.45) is -6.40. The fourth-order valence-electron chi connectivity index (χ4n) is 4.23. The molecule has 3 heterocycles. The van der Waals surface area contributed by atoms with Gasteiger partial charge in [-0.2, -0.15) is 36.3 Å². The van der Waals surface area contributed by atoms with E-state index in [4.69, 9.17) is 0 Å². The molecule has 1 aromatic carbocycles. The molecule has 0 atom stereocenters. The largest absolute Gasteiger partial charge is 0.433 e. The maximum atomic E-state index is 13.3. The fourth-order valence-corrected chi connectivity index (χ4v) is 4.23. The number of aromatic nitrogens is 5. The van der Waals surface area contributed by atoms with E-state index in [1.807, 2.05) is 44.2 Å². The van der Waals surface area contributed by atoms with Crippen LogP contribution in [-0.4, -0.2) is 24.9 Å².